The van der Waals surface area contributed by atoms with Crippen LogP contribution in [0, 0.1) is 0 Å². The zero-order chi connectivity index (χ0) is 9.45. The Morgan fingerprint density at radius 1 is 1.31 bits per heavy atom. The smallest absolute Gasteiger partial charge is 1.00 e. The van der Waals surface area contributed by atoms with E-state index in [1.54, 1.807) is 6.92 Å². The third-order valence-electron chi connectivity index (χ3n) is 1.29. The molecule has 13 heavy (non-hydrogen) atoms. The van der Waals surface area contributed by atoms with Crippen LogP contribution < -0.4 is 29.6 Å². The van der Waals surface area contributed by atoms with Crippen molar-refractivity contribution in [2.75, 3.05) is 19.8 Å². The van der Waals surface area contributed by atoms with E-state index in [0.29, 0.717) is 13.2 Å². The fourth-order valence-electron chi connectivity index (χ4n) is 0.896. The molecule has 0 amide bonds. The van der Waals surface area contributed by atoms with Crippen LogP contribution in [0.2, 0.25) is 0 Å². The molecular formula is C7H17NaO4P+. The molecule has 4 nitrogen and oxygen atoms in total. The Kier molecular flexibility index (Phi) is 12.0. The van der Waals surface area contributed by atoms with Crippen molar-refractivity contribution in [2.45, 2.75) is 26.6 Å². The van der Waals surface area contributed by atoms with Crippen molar-refractivity contribution in [1.29, 1.82) is 0 Å². The van der Waals surface area contributed by atoms with Crippen LogP contribution >= 0.6 is 8.69 Å². The van der Waals surface area contributed by atoms with E-state index in [0.717, 1.165) is 0 Å². The van der Waals surface area contributed by atoms with Crippen LogP contribution in [-0.2, 0) is 18.6 Å². The van der Waals surface area contributed by atoms with Crippen molar-refractivity contribution in [3.63, 3.8) is 0 Å². The summed E-state index contributed by atoms with van der Waals surface area (Å²) in [5.74, 6) is -0.763. The van der Waals surface area contributed by atoms with Crippen molar-refractivity contribution >= 4 is 8.69 Å². The summed E-state index contributed by atoms with van der Waals surface area (Å²) in [4.78, 5) is 0. The van der Waals surface area contributed by atoms with Crippen LogP contribution in [-0.4, -0.2) is 25.6 Å². The van der Waals surface area contributed by atoms with E-state index in [2.05, 4.69) is 0 Å². The summed E-state index contributed by atoms with van der Waals surface area (Å²) in [7, 11) is -0.770. The first-order valence-electron chi connectivity index (χ1n) is 3.95. The molecule has 0 bridgehead atoms. The second-order valence-electron chi connectivity index (χ2n) is 2.37. The van der Waals surface area contributed by atoms with Gasteiger partial charge in [0.1, 0.15) is 0 Å². The van der Waals surface area contributed by atoms with Crippen LogP contribution in [0.3, 0.4) is 0 Å². The third kappa shape index (κ3) is 8.01. The van der Waals surface area contributed by atoms with Gasteiger partial charge in [0.25, 0.3) is 0 Å². The first-order valence-corrected chi connectivity index (χ1v) is 4.77. The molecule has 6 heteroatoms. The quantitative estimate of drug-likeness (QED) is 0.308. The first kappa shape index (κ1) is 16.4. The average molecular weight is 219 g/mol. The van der Waals surface area contributed by atoms with E-state index >= 15 is 0 Å². The van der Waals surface area contributed by atoms with Crippen molar-refractivity contribution < 1.29 is 49.5 Å². The first-order chi connectivity index (χ1) is 5.68. The maximum Gasteiger partial charge on any atom is 1.00 e. The Hall–Kier alpha value is 0.980. The van der Waals surface area contributed by atoms with E-state index in [1.807, 2.05) is 13.8 Å². The predicted molar refractivity (Wildman–Crippen MR) is 47.7 cm³/mol. The topological polar surface area (TPSA) is 44.8 Å². The standard InChI is InChI=1S/C7H16O4P.Na.H/c1-4-9-7(3,10-5-2)6-11-12-8;;/h12H,4-6H2,1-3H3;;/q2*+1;-1. The summed E-state index contributed by atoms with van der Waals surface area (Å²) < 4.78 is 25.4. The second kappa shape index (κ2) is 9.53. The molecule has 1 atom stereocenters. The maximum absolute atomic E-state index is 10.1. The van der Waals surface area contributed by atoms with Gasteiger partial charge in [-0.15, -0.1) is 4.52 Å². The Morgan fingerprint density at radius 2 is 1.77 bits per heavy atom. The molecule has 0 aromatic carbocycles. The van der Waals surface area contributed by atoms with Crippen molar-refractivity contribution in [1.82, 2.24) is 0 Å². The minimum atomic E-state index is -0.770. The Bertz CT molecular complexity index is 133. The minimum Gasteiger partial charge on any atom is -1.00 e. The summed E-state index contributed by atoms with van der Waals surface area (Å²) in [6.45, 7) is 6.79. The van der Waals surface area contributed by atoms with Gasteiger partial charge in [-0.05, 0) is 25.3 Å². The monoisotopic (exact) mass is 219 g/mol. The van der Waals surface area contributed by atoms with Crippen LogP contribution in [0.15, 0.2) is 0 Å². The van der Waals surface area contributed by atoms with Gasteiger partial charge in [-0.3, -0.25) is 0 Å². The maximum atomic E-state index is 10.1. The number of ether oxygens (including phenoxy) is 2. The molecule has 0 saturated carbocycles. The van der Waals surface area contributed by atoms with Gasteiger partial charge in [0.15, 0.2) is 12.4 Å². The molecule has 0 aliphatic heterocycles. The van der Waals surface area contributed by atoms with Gasteiger partial charge in [0.2, 0.25) is 0 Å². The molecule has 0 aromatic rings. The Morgan fingerprint density at radius 3 is 2.08 bits per heavy atom. The molecule has 0 heterocycles. The van der Waals surface area contributed by atoms with Gasteiger partial charge in [0, 0.05) is 13.2 Å². The van der Waals surface area contributed by atoms with Crippen molar-refractivity contribution in [3.05, 3.63) is 0 Å². The molecule has 0 N–H and O–H groups in total. The Balaban J connectivity index is -0.000000605. The fraction of sp³-hybridized carbons (Fsp3) is 1.00. The summed E-state index contributed by atoms with van der Waals surface area (Å²) in [6, 6.07) is 0. The molecular weight excluding hydrogens is 202 g/mol. The van der Waals surface area contributed by atoms with E-state index in [1.165, 1.54) is 0 Å². The van der Waals surface area contributed by atoms with Gasteiger partial charge in [0.05, 0.1) is 0 Å². The van der Waals surface area contributed by atoms with Gasteiger partial charge in [-0.2, -0.15) is 0 Å². The molecule has 1 unspecified atom stereocenters. The summed E-state index contributed by atoms with van der Waals surface area (Å²) in [5.41, 5.74) is 0. The zero-order valence-corrected chi connectivity index (χ0v) is 11.8. The normalized spacial score (nSPS) is 11.3. The number of hydrogen-bond donors (Lipinski definition) is 0. The molecule has 0 rings (SSSR count). The van der Waals surface area contributed by atoms with Crippen LogP contribution in [0.1, 0.15) is 22.2 Å². The molecule has 0 spiro atoms. The average Bonchev–Trinajstić information content (AvgIpc) is 2.02. The third-order valence-corrected chi connectivity index (χ3v) is 1.55. The molecule has 0 aromatic heterocycles. The SMILES string of the molecule is CCOC(C)(CO[PH+]=O)OCC.[H-].[Na+]. The molecule has 0 fully saturated rings. The molecule has 0 radical (unpaired) electrons. The van der Waals surface area contributed by atoms with E-state index in [9.17, 15) is 4.57 Å². The number of rotatable bonds is 7. The van der Waals surface area contributed by atoms with Crippen LogP contribution in [0.25, 0.3) is 0 Å². The molecule has 0 saturated heterocycles. The number of hydrogen-bond acceptors (Lipinski definition) is 4. The van der Waals surface area contributed by atoms with Crippen LogP contribution in [0.5, 0.6) is 0 Å². The minimum absolute atomic E-state index is 0. The van der Waals surface area contributed by atoms with Crippen molar-refractivity contribution in [2.24, 2.45) is 0 Å². The van der Waals surface area contributed by atoms with E-state index in [-0.39, 0.29) is 37.6 Å². The van der Waals surface area contributed by atoms with Gasteiger partial charge in [-0.1, -0.05) is 0 Å². The predicted octanol–water partition coefficient (Wildman–Crippen LogP) is -1.15. The largest absolute Gasteiger partial charge is 1.00 e. The van der Waals surface area contributed by atoms with E-state index in [4.69, 9.17) is 14.0 Å². The van der Waals surface area contributed by atoms with Gasteiger partial charge >= 0.3 is 38.2 Å². The van der Waals surface area contributed by atoms with E-state index < -0.39 is 14.5 Å². The Labute approximate surface area is 104 Å². The summed E-state index contributed by atoms with van der Waals surface area (Å²) in [5, 5.41) is 0. The fourth-order valence-corrected chi connectivity index (χ4v) is 1.22. The zero-order valence-electron chi connectivity index (χ0n) is 9.75. The van der Waals surface area contributed by atoms with Gasteiger partial charge < -0.3 is 10.9 Å². The summed E-state index contributed by atoms with van der Waals surface area (Å²) in [6.07, 6.45) is 0. The second-order valence-corrected chi connectivity index (χ2v) is 2.83. The van der Waals surface area contributed by atoms with Crippen molar-refractivity contribution in [3.8, 4) is 0 Å². The molecule has 0 aliphatic carbocycles. The molecule has 0 aliphatic rings. The van der Waals surface area contributed by atoms with Crippen LogP contribution in [0.4, 0.5) is 0 Å². The van der Waals surface area contributed by atoms with Gasteiger partial charge in [-0.25, -0.2) is 0 Å². The summed E-state index contributed by atoms with van der Waals surface area (Å²) >= 11 is 0. The molecule has 74 valence electrons.